The lowest BCUT2D eigenvalue weighted by atomic mass is 10.2. The molecule has 1 fully saturated rings. The Labute approximate surface area is 89.2 Å². The fourth-order valence-electron chi connectivity index (χ4n) is 1.30. The molecule has 4 nitrogen and oxygen atoms in total. The minimum atomic E-state index is -0.563. The van der Waals surface area contributed by atoms with E-state index in [0.717, 1.165) is 0 Å². The monoisotopic (exact) mass is 216 g/mol. The standard InChI is InChI=1S/C9H16N2O2S/c1-5(6(2)12)11-8(13)9(10-3)4-7(9)14/h5,7,10,14H,4H2,1-3H3,(H,11,13)/t5-,7?,9?/m0/s1. The molecule has 0 bridgehead atoms. The summed E-state index contributed by atoms with van der Waals surface area (Å²) in [6, 6.07) is -0.422. The number of thiol groups is 1. The van der Waals surface area contributed by atoms with Crippen molar-refractivity contribution in [2.24, 2.45) is 0 Å². The van der Waals surface area contributed by atoms with E-state index >= 15 is 0 Å². The first-order valence-corrected chi connectivity index (χ1v) is 5.14. The van der Waals surface area contributed by atoms with Gasteiger partial charge in [-0.05, 0) is 27.3 Å². The number of amides is 1. The van der Waals surface area contributed by atoms with Crippen molar-refractivity contribution in [3.8, 4) is 0 Å². The summed E-state index contributed by atoms with van der Waals surface area (Å²) in [4.78, 5) is 22.7. The van der Waals surface area contributed by atoms with Crippen molar-refractivity contribution in [2.45, 2.75) is 37.1 Å². The second kappa shape index (κ2) is 3.90. The third kappa shape index (κ3) is 1.93. The summed E-state index contributed by atoms with van der Waals surface area (Å²) < 4.78 is 0. The minimum absolute atomic E-state index is 0.0408. The van der Waals surface area contributed by atoms with Crippen LogP contribution in [0.5, 0.6) is 0 Å². The molecule has 1 rings (SSSR count). The summed E-state index contributed by atoms with van der Waals surface area (Å²) in [5.41, 5.74) is -0.563. The molecule has 14 heavy (non-hydrogen) atoms. The van der Waals surface area contributed by atoms with E-state index in [1.54, 1.807) is 14.0 Å². The van der Waals surface area contributed by atoms with Gasteiger partial charge in [0.1, 0.15) is 5.54 Å². The predicted molar refractivity (Wildman–Crippen MR) is 57.5 cm³/mol. The number of rotatable bonds is 4. The van der Waals surface area contributed by atoms with Gasteiger partial charge in [0.05, 0.1) is 6.04 Å². The SMILES string of the molecule is CNC1(C(=O)N[C@@H](C)C(C)=O)CC1S. The van der Waals surface area contributed by atoms with Gasteiger partial charge in [-0.25, -0.2) is 0 Å². The van der Waals surface area contributed by atoms with Gasteiger partial charge in [-0.2, -0.15) is 12.6 Å². The van der Waals surface area contributed by atoms with Crippen LogP contribution in [0.2, 0.25) is 0 Å². The largest absolute Gasteiger partial charge is 0.345 e. The molecule has 0 heterocycles. The molecule has 0 aromatic carbocycles. The molecule has 1 aliphatic rings. The average Bonchev–Trinajstić information content (AvgIpc) is 2.77. The van der Waals surface area contributed by atoms with Gasteiger partial charge in [-0.3, -0.25) is 9.59 Å². The molecule has 0 spiro atoms. The van der Waals surface area contributed by atoms with Crippen molar-refractivity contribution in [3.63, 3.8) is 0 Å². The van der Waals surface area contributed by atoms with Crippen molar-refractivity contribution in [1.29, 1.82) is 0 Å². The molecule has 0 radical (unpaired) electrons. The lowest BCUT2D eigenvalue weighted by Crippen LogP contribution is -2.51. The number of carbonyl (C=O) groups excluding carboxylic acids is 2. The molecule has 0 aromatic rings. The molecule has 3 atom stereocenters. The Balaban J connectivity index is 2.55. The summed E-state index contributed by atoms with van der Waals surface area (Å²) in [5, 5.41) is 5.66. The van der Waals surface area contributed by atoms with Crippen LogP contribution in [0.15, 0.2) is 0 Å². The Morgan fingerprint density at radius 3 is 2.36 bits per heavy atom. The highest BCUT2D eigenvalue weighted by atomic mass is 32.1. The highest BCUT2D eigenvalue weighted by molar-refractivity contribution is 7.81. The molecule has 5 heteroatoms. The maximum absolute atomic E-state index is 11.7. The highest BCUT2D eigenvalue weighted by Gasteiger charge is 2.57. The molecule has 2 unspecified atom stereocenters. The lowest BCUT2D eigenvalue weighted by Gasteiger charge is -2.18. The second-order valence-electron chi connectivity index (χ2n) is 3.75. The smallest absolute Gasteiger partial charge is 0.242 e. The van der Waals surface area contributed by atoms with Gasteiger partial charge >= 0.3 is 0 Å². The van der Waals surface area contributed by atoms with E-state index in [9.17, 15) is 9.59 Å². The zero-order valence-electron chi connectivity index (χ0n) is 8.63. The molecule has 1 saturated carbocycles. The molecular formula is C9H16N2O2S. The predicted octanol–water partition coefficient (Wildman–Crippen LogP) is -0.260. The zero-order valence-corrected chi connectivity index (χ0v) is 9.52. The van der Waals surface area contributed by atoms with Crippen LogP contribution in [0.25, 0.3) is 0 Å². The van der Waals surface area contributed by atoms with Crippen molar-refractivity contribution in [2.75, 3.05) is 7.05 Å². The van der Waals surface area contributed by atoms with Crippen LogP contribution in [0, 0.1) is 0 Å². The Hall–Kier alpha value is -0.550. The van der Waals surface area contributed by atoms with E-state index in [0.29, 0.717) is 6.42 Å². The number of hydrogen-bond donors (Lipinski definition) is 3. The Bertz CT molecular complexity index is 266. The van der Waals surface area contributed by atoms with Crippen LogP contribution >= 0.6 is 12.6 Å². The fraction of sp³-hybridized carbons (Fsp3) is 0.778. The Morgan fingerprint density at radius 2 is 2.07 bits per heavy atom. The zero-order chi connectivity index (χ0) is 10.9. The number of likely N-dealkylation sites (N-methyl/N-ethyl adjacent to an activating group) is 1. The second-order valence-corrected chi connectivity index (χ2v) is 4.37. The van der Waals surface area contributed by atoms with Gasteiger partial charge in [0.25, 0.3) is 0 Å². The van der Waals surface area contributed by atoms with Gasteiger partial charge in [0.15, 0.2) is 5.78 Å². The first kappa shape index (κ1) is 11.5. The Kier molecular flexibility index (Phi) is 3.21. The Morgan fingerprint density at radius 1 is 1.57 bits per heavy atom. The number of ketones is 1. The van der Waals surface area contributed by atoms with E-state index in [-0.39, 0.29) is 16.9 Å². The molecule has 80 valence electrons. The summed E-state index contributed by atoms with van der Waals surface area (Å²) in [7, 11) is 1.73. The van der Waals surface area contributed by atoms with Crippen molar-refractivity contribution in [1.82, 2.24) is 10.6 Å². The summed E-state index contributed by atoms with van der Waals surface area (Å²) in [5.74, 6) is -0.177. The summed E-state index contributed by atoms with van der Waals surface area (Å²) in [6.07, 6.45) is 0.711. The molecule has 0 saturated heterocycles. The first-order chi connectivity index (χ1) is 6.44. The molecular weight excluding hydrogens is 200 g/mol. The maximum Gasteiger partial charge on any atom is 0.242 e. The van der Waals surface area contributed by atoms with Crippen LogP contribution in [-0.2, 0) is 9.59 Å². The van der Waals surface area contributed by atoms with E-state index in [1.165, 1.54) is 6.92 Å². The normalized spacial score (nSPS) is 32.1. The van der Waals surface area contributed by atoms with E-state index in [1.807, 2.05) is 0 Å². The van der Waals surface area contributed by atoms with Crippen molar-refractivity contribution >= 4 is 24.3 Å². The number of carbonyl (C=O) groups is 2. The summed E-state index contributed by atoms with van der Waals surface area (Å²) >= 11 is 4.24. The van der Waals surface area contributed by atoms with Crippen molar-refractivity contribution in [3.05, 3.63) is 0 Å². The summed E-state index contributed by atoms with van der Waals surface area (Å²) in [6.45, 7) is 3.14. The minimum Gasteiger partial charge on any atom is -0.345 e. The van der Waals surface area contributed by atoms with E-state index in [2.05, 4.69) is 23.3 Å². The van der Waals surface area contributed by atoms with Gasteiger partial charge in [-0.1, -0.05) is 0 Å². The quantitative estimate of drug-likeness (QED) is 0.568. The fourth-order valence-corrected chi connectivity index (χ4v) is 1.83. The van der Waals surface area contributed by atoms with E-state index < -0.39 is 11.6 Å². The molecule has 1 amide bonds. The maximum atomic E-state index is 11.7. The molecule has 0 aromatic heterocycles. The third-order valence-corrected chi connectivity index (χ3v) is 3.36. The van der Waals surface area contributed by atoms with Gasteiger partial charge in [0, 0.05) is 5.25 Å². The van der Waals surface area contributed by atoms with E-state index in [4.69, 9.17) is 0 Å². The molecule has 0 aliphatic heterocycles. The van der Waals surface area contributed by atoms with Crippen LogP contribution in [0.3, 0.4) is 0 Å². The van der Waals surface area contributed by atoms with Crippen molar-refractivity contribution < 1.29 is 9.59 Å². The lowest BCUT2D eigenvalue weighted by molar-refractivity contribution is -0.128. The molecule has 1 aliphatic carbocycles. The highest BCUT2D eigenvalue weighted by Crippen LogP contribution is 2.40. The molecule has 2 N–H and O–H groups in total. The van der Waals surface area contributed by atoms with Gasteiger partial charge in [0.2, 0.25) is 5.91 Å². The number of hydrogen-bond acceptors (Lipinski definition) is 4. The topological polar surface area (TPSA) is 58.2 Å². The average molecular weight is 216 g/mol. The van der Waals surface area contributed by atoms with Gasteiger partial charge < -0.3 is 10.6 Å². The third-order valence-electron chi connectivity index (χ3n) is 2.73. The number of Topliss-reactive ketones (excluding diaryl/α,β-unsaturated/α-hetero) is 1. The van der Waals surface area contributed by atoms with Crippen LogP contribution < -0.4 is 10.6 Å². The first-order valence-electron chi connectivity index (χ1n) is 4.62. The van der Waals surface area contributed by atoms with Crippen LogP contribution in [0.1, 0.15) is 20.3 Å². The van der Waals surface area contributed by atoms with Gasteiger partial charge in [-0.15, -0.1) is 0 Å². The van der Waals surface area contributed by atoms with Crippen LogP contribution in [0.4, 0.5) is 0 Å². The van der Waals surface area contributed by atoms with Crippen LogP contribution in [-0.4, -0.2) is 35.6 Å². The number of nitrogens with one attached hydrogen (secondary N) is 2.